The first-order valence-electron chi connectivity index (χ1n) is 6.95. The van der Waals surface area contributed by atoms with Gasteiger partial charge in [0.05, 0.1) is 4.90 Å². The average molecular weight is 311 g/mol. The van der Waals surface area contributed by atoms with Crippen molar-refractivity contribution in [1.82, 2.24) is 0 Å². The fourth-order valence-corrected chi connectivity index (χ4v) is 3.37. The van der Waals surface area contributed by atoms with E-state index in [1.54, 1.807) is 0 Å². The van der Waals surface area contributed by atoms with Crippen molar-refractivity contribution in [2.45, 2.75) is 42.6 Å². The van der Waals surface area contributed by atoms with Crippen molar-refractivity contribution in [2.75, 3.05) is 6.61 Å². The number of fused-ring (bicyclic) bond motifs is 1. The molecule has 1 heterocycles. The zero-order chi connectivity index (χ0) is 15.0. The molecule has 0 radical (unpaired) electrons. The van der Waals surface area contributed by atoms with Crippen LogP contribution in [0.2, 0.25) is 0 Å². The first-order chi connectivity index (χ1) is 9.95. The molecule has 1 fully saturated rings. The number of sulfonamides is 1. The van der Waals surface area contributed by atoms with Gasteiger partial charge >= 0.3 is 5.97 Å². The minimum absolute atomic E-state index is 0.0228. The summed E-state index contributed by atoms with van der Waals surface area (Å²) in [6.45, 7) is 0.176. The Bertz CT molecular complexity index is 664. The Morgan fingerprint density at radius 2 is 2.00 bits per heavy atom. The highest BCUT2D eigenvalue weighted by atomic mass is 32.2. The van der Waals surface area contributed by atoms with Gasteiger partial charge in [-0.3, -0.25) is 4.79 Å². The molecule has 2 N–H and O–H groups in total. The molecule has 7 heteroatoms. The Hall–Kier alpha value is -1.60. The van der Waals surface area contributed by atoms with Gasteiger partial charge in [-0.1, -0.05) is 0 Å². The molecular weight excluding hydrogens is 294 g/mol. The van der Waals surface area contributed by atoms with Gasteiger partial charge in [-0.05, 0) is 43.9 Å². The third kappa shape index (κ3) is 2.89. The van der Waals surface area contributed by atoms with Gasteiger partial charge in [0, 0.05) is 5.56 Å². The molecule has 114 valence electrons. The maximum absolute atomic E-state index is 12.2. The molecule has 0 saturated heterocycles. The molecule has 1 aliphatic carbocycles. The number of ether oxygens (including phenoxy) is 2. The van der Waals surface area contributed by atoms with E-state index < -0.39 is 15.9 Å². The van der Waals surface area contributed by atoms with E-state index in [2.05, 4.69) is 0 Å². The Morgan fingerprint density at radius 1 is 1.29 bits per heavy atom. The molecule has 2 aliphatic rings. The van der Waals surface area contributed by atoms with E-state index in [9.17, 15) is 13.2 Å². The van der Waals surface area contributed by atoms with E-state index in [0.29, 0.717) is 11.3 Å². The predicted molar refractivity (Wildman–Crippen MR) is 74.4 cm³/mol. The van der Waals surface area contributed by atoms with Gasteiger partial charge in [-0.15, -0.1) is 0 Å². The standard InChI is InChI=1S/C14H17NO5S/c15-21(17,18)10-5-6-13-11(7-10)12(8-19-13)14(16)20-9-3-1-2-4-9/h5-7,9,12H,1-4,8H2,(H2,15,17,18). The lowest BCUT2D eigenvalue weighted by Crippen LogP contribution is -2.22. The number of carbonyl (C=O) groups excluding carboxylic acids is 1. The molecule has 6 nitrogen and oxygen atoms in total. The van der Waals surface area contributed by atoms with Gasteiger partial charge in [-0.25, -0.2) is 13.6 Å². The summed E-state index contributed by atoms with van der Waals surface area (Å²) in [7, 11) is -3.80. The lowest BCUT2D eigenvalue weighted by atomic mass is 10.0. The molecule has 1 atom stereocenters. The van der Waals surface area contributed by atoms with Crippen molar-refractivity contribution >= 4 is 16.0 Å². The summed E-state index contributed by atoms with van der Waals surface area (Å²) in [6.07, 6.45) is 3.91. The third-order valence-corrected chi connectivity index (χ3v) is 4.87. The zero-order valence-electron chi connectivity index (χ0n) is 11.4. The third-order valence-electron chi connectivity index (χ3n) is 3.96. The largest absolute Gasteiger partial charge is 0.492 e. The summed E-state index contributed by atoms with van der Waals surface area (Å²) in [5, 5.41) is 5.12. The number of esters is 1. The van der Waals surface area contributed by atoms with Gasteiger partial charge in [-0.2, -0.15) is 0 Å². The maximum atomic E-state index is 12.2. The van der Waals surface area contributed by atoms with Gasteiger partial charge in [0.15, 0.2) is 0 Å². The normalized spacial score (nSPS) is 21.9. The number of hydrogen-bond donors (Lipinski definition) is 1. The Balaban J connectivity index is 1.83. The highest BCUT2D eigenvalue weighted by Crippen LogP contribution is 2.37. The molecule has 0 bridgehead atoms. The van der Waals surface area contributed by atoms with Crippen molar-refractivity contribution in [3.05, 3.63) is 23.8 Å². The van der Waals surface area contributed by atoms with E-state index in [1.807, 2.05) is 0 Å². The zero-order valence-corrected chi connectivity index (χ0v) is 12.3. The van der Waals surface area contributed by atoms with Gasteiger partial charge in [0.1, 0.15) is 24.4 Å². The van der Waals surface area contributed by atoms with Crippen LogP contribution in [-0.2, 0) is 19.6 Å². The van der Waals surface area contributed by atoms with Crippen LogP contribution in [0, 0.1) is 0 Å². The number of nitrogens with two attached hydrogens (primary N) is 1. The number of rotatable bonds is 3. The van der Waals surface area contributed by atoms with E-state index in [4.69, 9.17) is 14.6 Å². The Kier molecular flexibility index (Phi) is 3.62. The fraction of sp³-hybridized carbons (Fsp3) is 0.500. The summed E-state index contributed by atoms with van der Waals surface area (Å²) in [5.74, 6) is -0.426. The first-order valence-corrected chi connectivity index (χ1v) is 8.50. The van der Waals surface area contributed by atoms with Crippen molar-refractivity contribution in [3.8, 4) is 5.75 Å². The van der Waals surface area contributed by atoms with Crippen LogP contribution in [0.25, 0.3) is 0 Å². The van der Waals surface area contributed by atoms with E-state index in [-0.39, 0.29) is 23.6 Å². The van der Waals surface area contributed by atoms with Crippen LogP contribution in [0.5, 0.6) is 5.75 Å². The lowest BCUT2D eigenvalue weighted by molar-refractivity contribution is -0.150. The molecule has 1 saturated carbocycles. The summed E-state index contributed by atoms with van der Waals surface area (Å²) < 4.78 is 33.7. The summed E-state index contributed by atoms with van der Waals surface area (Å²) in [4.78, 5) is 12.2. The smallest absolute Gasteiger partial charge is 0.317 e. The molecule has 1 aliphatic heterocycles. The molecule has 1 aromatic carbocycles. The van der Waals surface area contributed by atoms with Gasteiger partial charge in [0.25, 0.3) is 0 Å². The summed E-state index contributed by atoms with van der Waals surface area (Å²) >= 11 is 0. The highest BCUT2D eigenvalue weighted by Gasteiger charge is 2.34. The molecule has 0 amide bonds. The maximum Gasteiger partial charge on any atom is 0.317 e. The molecule has 3 rings (SSSR count). The van der Waals surface area contributed by atoms with E-state index in [0.717, 1.165) is 25.7 Å². The summed E-state index contributed by atoms with van der Waals surface area (Å²) in [5.41, 5.74) is 0.532. The minimum Gasteiger partial charge on any atom is -0.492 e. The van der Waals surface area contributed by atoms with E-state index in [1.165, 1.54) is 18.2 Å². The molecule has 0 spiro atoms. The van der Waals surface area contributed by atoms with Crippen molar-refractivity contribution in [1.29, 1.82) is 0 Å². The second-order valence-electron chi connectivity index (χ2n) is 5.45. The van der Waals surface area contributed by atoms with Crippen LogP contribution in [-0.4, -0.2) is 27.1 Å². The molecule has 0 aromatic heterocycles. The SMILES string of the molecule is NS(=O)(=O)c1ccc2c(c1)C(C(=O)OC1CCCC1)CO2. The average Bonchev–Trinajstić information content (AvgIpc) is 3.05. The second kappa shape index (κ2) is 5.31. The number of primary sulfonamides is 1. The topological polar surface area (TPSA) is 95.7 Å². The minimum atomic E-state index is -3.80. The summed E-state index contributed by atoms with van der Waals surface area (Å²) in [6, 6.07) is 4.30. The molecule has 1 aromatic rings. The van der Waals surface area contributed by atoms with Gasteiger partial charge < -0.3 is 9.47 Å². The first kappa shape index (κ1) is 14.3. The Labute approximate surface area is 123 Å². The van der Waals surface area contributed by atoms with Crippen molar-refractivity contribution in [2.24, 2.45) is 5.14 Å². The second-order valence-corrected chi connectivity index (χ2v) is 7.01. The lowest BCUT2D eigenvalue weighted by Gasteiger charge is -2.14. The monoisotopic (exact) mass is 311 g/mol. The van der Waals surface area contributed by atoms with Crippen LogP contribution in [0.3, 0.4) is 0 Å². The van der Waals surface area contributed by atoms with Crippen molar-refractivity contribution < 1.29 is 22.7 Å². The van der Waals surface area contributed by atoms with Crippen LogP contribution in [0.4, 0.5) is 0 Å². The van der Waals surface area contributed by atoms with Crippen molar-refractivity contribution in [3.63, 3.8) is 0 Å². The number of carbonyl (C=O) groups is 1. The van der Waals surface area contributed by atoms with Crippen LogP contribution >= 0.6 is 0 Å². The fourth-order valence-electron chi connectivity index (χ4n) is 2.82. The molecule has 1 unspecified atom stereocenters. The molecule has 21 heavy (non-hydrogen) atoms. The number of hydrogen-bond acceptors (Lipinski definition) is 5. The Morgan fingerprint density at radius 3 is 2.67 bits per heavy atom. The number of benzene rings is 1. The van der Waals surface area contributed by atoms with Crippen LogP contribution in [0.15, 0.2) is 23.1 Å². The van der Waals surface area contributed by atoms with Crippen LogP contribution < -0.4 is 9.88 Å². The van der Waals surface area contributed by atoms with Gasteiger partial charge in [0.2, 0.25) is 10.0 Å². The van der Waals surface area contributed by atoms with Crippen LogP contribution in [0.1, 0.15) is 37.2 Å². The highest BCUT2D eigenvalue weighted by molar-refractivity contribution is 7.89. The predicted octanol–water partition coefficient (Wildman–Crippen LogP) is 1.30. The quantitative estimate of drug-likeness (QED) is 0.849. The molecular formula is C14H17NO5S. The van der Waals surface area contributed by atoms with E-state index >= 15 is 0 Å².